The fourth-order valence-electron chi connectivity index (χ4n) is 3.24. The predicted octanol–water partition coefficient (Wildman–Crippen LogP) is 4.34. The van der Waals surface area contributed by atoms with Crippen molar-refractivity contribution in [2.75, 3.05) is 37.0 Å². The monoisotopic (exact) mass is 358 g/mol. The van der Waals surface area contributed by atoms with Crippen LogP contribution in [0.1, 0.15) is 24.8 Å². The van der Waals surface area contributed by atoms with Gasteiger partial charge in [0.1, 0.15) is 0 Å². The number of rotatable bonds is 8. The first-order valence-electron chi connectivity index (χ1n) is 8.91. The highest BCUT2D eigenvalue weighted by atomic mass is 19.1. The summed E-state index contributed by atoms with van der Waals surface area (Å²) in [7, 11) is 4.12. The number of benzene rings is 1. The van der Waals surface area contributed by atoms with Gasteiger partial charge in [0.25, 0.3) is 0 Å². The van der Waals surface area contributed by atoms with Gasteiger partial charge < -0.3 is 14.9 Å². The molecule has 1 heterocycles. The molecule has 0 aromatic heterocycles. The van der Waals surface area contributed by atoms with Gasteiger partial charge in [-0.1, -0.05) is 30.4 Å². The van der Waals surface area contributed by atoms with Crippen LogP contribution in [0.15, 0.2) is 54.4 Å². The van der Waals surface area contributed by atoms with Crippen molar-refractivity contribution in [2.24, 2.45) is 0 Å². The van der Waals surface area contributed by atoms with E-state index >= 15 is 0 Å². The molecular weight excluding hydrogens is 331 g/mol. The molecule has 0 saturated carbocycles. The number of anilines is 2. The number of allylic oxidation sites excluding steroid dienone is 3. The number of aryl methyl sites for hydroxylation is 1. The molecule has 0 aliphatic carbocycles. The van der Waals surface area contributed by atoms with Crippen molar-refractivity contribution in [1.82, 2.24) is 0 Å². The standard InChI is InChI=1S/C21H27FN2O2/c1-23-15-7-10-18-9-6-11-19(21(18)23)24(2)16-17(13-14-22)8-4-3-5-12-20(25)26/h3-4,6,8-9,11,13-14H,5,7,10,12,15-16H2,1-2H3,(H,25,26)/b4-3+,14-13+,17-8+. The molecule has 0 fully saturated rings. The molecule has 140 valence electrons. The molecule has 26 heavy (non-hydrogen) atoms. The van der Waals surface area contributed by atoms with Crippen LogP contribution in [0.5, 0.6) is 0 Å². The SMILES string of the molecule is CN(CC(/C=C/F)=C/C=C/CCC(=O)O)c1cccc2c1N(C)CCC2. The molecule has 1 aliphatic rings. The lowest BCUT2D eigenvalue weighted by molar-refractivity contribution is -0.136. The molecule has 4 nitrogen and oxygen atoms in total. The summed E-state index contributed by atoms with van der Waals surface area (Å²) in [6, 6.07) is 6.34. The Morgan fingerprint density at radius 1 is 1.42 bits per heavy atom. The maximum atomic E-state index is 12.8. The second kappa shape index (κ2) is 9.80. The van der Waals surface area contributed by atoms with Crippen molar-refractivity contribution in [2.45, 2.75) is 25.7 Å². The van der Waals surface area contributed by atoms with Gasteiger partial charge in [-0.15, -0.1) is 0 Å². The summed E-state index contributed by atoms with van der Waals surface area (Å²) in [5, 5.41) is 8.65. The number of carboxylic acids is 1. The van der Waals surface area contributed by atoms with Crippen LogP contribution in [0.3, 0.4) is 0 Å². The van der Waals surface area contributed by atoms with Crippen molar-refractivity contribution < 1.29 is 14.3 Å². The highest BCUT2D eigenvalue weighted by Gasteiger charge is 2.19. The third kappa shape index (κ3) is 5.48. The Balaban J connectivity index is 2.13. The van der Waals surface area contributed by atoms with Gasteiger partial charge in [0.05, 0.1) is 17.7 Å². The summed E-state index contributed by atoms with van der Waals surface area (Å²) in [4.78, 5) is 14.9. The average Bonchev–Trinajstić information content (AvgIpc) is 2.61. The van der Waals surface area contributed by atoms with E-state index in [1.54, 1.807) is 12.2 Å². The molecule has 2 rings (SSSR count). The Hall–Kier alpha value is -2.56. The van der Waals surface area contributed by atoms with Gasteiger partial charge in [0.15, 0.2) is 0 Å². The number of hydrogen-bond donors (Lipinski definition) is 1. The smallest absolute Gasteiger partial charge is 0.303 e. The molecule has 1 N–H and O–H groups in total. The van der Waals surface area contributed by atoms with Crippen LogP contribution in [0, 0.1) is 0 Å². The number of halogens is 1. The molecule has 1 aliphatic heterocycles. The van der Waals surface area contributed by atoms with E-state index in [4.69, 9.17) is 5.11 Å². The number of carbonyl (C=O) groups is 1. The minimum Gasteiger partial charge on any atom is -0.481 e. The van der Waals surface area contributed by atoms with Crippen LogP contribution < -0.4 is 9.80 Å². The summed E-state index contributed by atoms with van der Waals surface area (Å²) in [5.41, 5.74) is 4.56. The normalized spacial score (nSPS) is 14.9. The van der Waals surface area contributed by atoms with Gasteiger partial charge in [-0.3, -0.25) is 4.79 Å². The van der Waals surface area contributed by atoms with Crippen molar-refractivity contribution in [1.29, 1.82) is 0 Å². The van der Waals surface area contributed by atoms with Gasteiger partial charge in [-0.05, 0) is 42.5 Å². The number of carboxylic acid groups (broad SMARTS) is 1. The predicted molar refractivity (Wildman–Crippen MR) is 106 cm³/mol. The van der Waals surface area contributed by atoms with Gasteiger partial charge >= 0.3 is 5.97 Å². The van der Waals surface area contributed by atoms with E-state index in [9.17, 15) is 9.18 Å². The van der Waals surface area contributed by atoms with E-state index in [0.29, 0.717) is 19.3 Å². The van der Waals surface area contributed by atoms with E-state index in [2.05, 4.69) is 35.0 Å². The third-order valence-electron chi connectivity index (χ3n) is 4.50. The van der Waals surface area contributed by atoms with Crippen molar-refractivity contribution in [3.05, 3.63) is 60.0 Å². The molecule has 0 amide bonds. The van der Waals surface area contributed by atoms with Crippen molar-refractivity contribution >= 4 is 17.3 Å². The topological polar surface area (TPSA) is 43.8 Å². The van der Waals surface area contributed by atoms with Crippen molar-refractivity contribution in [3.8, 4) is 0 Å². The molecule has 0 spiro atoms. The van der Waals surface area contributed by atoms with Gasteiger partial charge in [-0.25, -0.2) is 4.39 Å². The molecule has 0 saturated heterocycles. The lowest BCUT2D eigenvalue weighted by Gasteiger charge is -2.33. The number of aliphatic carboxylic acids is 1. The fraction of sp³-hybridized carbons (Fsp3) is 0.381. The zero-order chi connectivity index (χ0) is 18.9. The van der Waals surface area contributed by atoms with Crippen LogP contribution in [0.25, 0.3) is 0 Å². The highest BCUT2D eigenvalue weighted by Crippen LogP contribution is 2.35. The molecule has 5 heteroatoms. The first-order chi connectivity index (χ1) is 12.5. The average molecular weight is 358 g/mol. The van der Waals surface area contributed by atoms with Crippen LogP contribution >= 0.6 is 0 Å². The second-order valence-electron chi connectivity index (χ2n) is 6.56. The summed E-state index contributed by atoms with van der Waals surface area (Å²) >= 11 is 0. The molecule has 0 radical (unpaired) electrons. The number of para-hydroxylation sites is 1. The summed E-state index contributed by atoms with van der Waals surface area (Å²) in [5.74, 6) is -0.819. The zero-order valence-corrected chi connectivity index (χ0v) is 15.5. The Morgan fingerprint density at radius 2 is 2.23 bits per heavy atom. The van der Waals surface area contributed by atoms with E-state index < -0.39 is 5.97 Å². The Kier molecular flexibility index (Phi) is 7.45. The second-order valence-corrected chi connectivity index (χ2v) is 6.56. The molecule has 0 bridgehead atoms. The Bertz CT molecular complexity index is 710. The molecule has 0 unspecified atom stereocenters. The summed E-state index contributed by atoms with van der Waals surface area (Å²) in [6.07, 6.45) is 10.2. The number of nitrogens with zero attached hydrogens (tertiary/aromatic N) is 2. The number of fused-ring (bicyclic) bond motifs is 1. The van der Waals surface area contributed by atoms with E-state index in [1.807, 2.05) is 13.1 Å². The Labute approximate surface area is 154 Å². The summed E-state index contributed by atoms with van der Waals surface area (Å²) < 4.78 is 12.8. The van der Waals surface area contributed by atoms with Gasteiger partial charge in [0, 0.05) is 33.6 Å². The highest BCUT2D eigenvalue weighted by molar-refractivity contribution is 5.75. The minimum absolute atomic E-state index is 0.0982. The zero-order valence-electron chi connectivity index (χ0n) is 15.5. The lowest BCUT2D eigenvalue weighted by Crippen LogP contribution is -2.29. The largest absolute Gasteiger partial charge is 0.481 e. The molecule has 1 aromatic carbocycles. The minimum atomic E-state index is -0.819. The molecule has 0 atom stereocenters. The van der Waals surface area contributed by atoms with E-state index in [1.165, 1.54) is 17.3 Å². The lowest BCUT2D eigenvalue weighted by atomic mass is 10.0. The first-order valence-corrected chi connectivity index (χ1v) is 8.91. The molecule has 1 aromatic rings. The van der Waals surface area contributed by atoms with Gasteiger partial charge in [0.2, 0.25) is 0 Å². The Morgan fingerprint density at radius 3 is 2.96 bits per heavy atom. The number of likely N-dealkylation sites (N-methyl/N-ethyl adjacent to an activating group) is 1. The number of hydrogen-bond acceptors (Lipinski definition) is 3. The maximum absolute atomic E-state index is 12.8. The van der Waals surface area contributed by atoms with E-state index in [-0.39, 0.29) is 6.42 Å². The maximum Gasteiger partial charge on any atom is 0.303 e. The third-order valence-corrected chi connectivity index (χ3v) is 4.50. The van der Waals surface area contributed by atoms with Crippen LogP contribution in [0.4, 0.5) is 15.8 Å². The van der Waals surface area contributed by atoms with Gasteiger partial charge in [-0.2, -0.15) is 0 Å². The van der Waals surface area contributed by atoms with Crippen LogP contribution in [-0.4, -0.2) is 38.3 Å². The van der Waals surface area contributed by atoms with Crippen LogP contribution in [-0.2, 0) is 11.2 Å². The first kappa shape index (κ1) is 19.8. The van der Waals surface area contributed by atoms with Crippen LogP contribution in [0.2, 0.25) is 0 Å². The quantitative estimate of drug-likeness (QED) is 0.702. The van der Waals surface area contributed by atoms with E-state index in [0.717, 1.165) is 30.6 Å². The summed E-state index contributed by atoms with van der Waals surface area (Å²) in [6.45, 7) is 1.60. The molecular formula is C21H27FN2O2. The van der Waals surface area contributed by atoms with Crippen molar-refractivity contribution in [3.63, 3.8) is 0 Å². The fourth-order valence-corrected chi connectivity index (χ4v) is 3.24.